The maximum atomic E-state index is 13.8. The predicted molar refractivity (Wildman–Crippen MR) is 88.4 cm³/mol. The number of benzene rings is 2. The molecule has 0 saturated heterocycles. The normalized spacial score (nSPS) is 23.5. The van der Waals surface area contributed by atoms with Gasteiger partial charge in [-0.05, 0) is 37.1 Å². The van der Waals surface area contributed by atoms with Crippen molar-refractivity contribution in [3.05, 3.63) is 70.3 Å². The molecule has 24 heavy (non-hydrogen) atoms. The van der Waals surface area contributed by atoms with Crippen molar-refractivity contribution in [1.82, 2.24) is 4.90 Å². The van der Waals surface area contributed by atoms with Crippen LogP contribution in [0.25, 0.3) is 0 Å². The lowest BCUT2D eigenvalue weighted by Gasteiger charge is -2.33. The van der Waals surface area contributed by atoms with Gasteiger partial charge in [0.15, 0.2) is 17.7 Å². The monoisotopic (exact) mass is 331 g/mol. The minimum atomic E-state index is -1.39. The topological polar surface area (TPSA) is 61.8 Å². The molecule has 0 fully saturated rings. The third-order valence-corrected chi connectivity index (χ3v) is 4.36. The number of guanidine groups is 1. The molecule has 3 N–H and O–H groups in total. The van der Waals surface area contributed by atoms with Gasteiger partial charge in [-0.1, -0.05) is 29.3 Å². The molecule has 1 aliphatic heterocycles. The van der Waals surface area contributed by atoms with Crippen molar-refractivity contribution in [2.24, 2.45) is 10.7 Å². The summed E-state index contributed by atoms with van der Waals surface area (Å²) in [5.41, 5.74) is 7.26. The standard InChI is InChI=1S/C18H19F2N3O/c1-10-4-11(2)6-12(5-10)18(16(24)23(3)17(21)22-18)13-7-14(19)9-15(20)8-13/h4-9,16,24H,1-3H3,(H2,21,22). The molecule has 0 aliphatic carbocycles. The highest BCUT2D eigenvalue weighted by Crippen LogP contribution is 2.42. The molecular formula is C18H19F2N3O. The Morgan fingerprint density at radius 1 is 1.00 bits per heavy atom. The van der Waals surface area contributed by atoms with E-state index in [0.717, 1.165) is 17.2 Å². The average molecular weight is 331 g/mol. The van der Waals surface area contributed by atoms with Gasteiger partial charge in [0.05, 0.1) is 0 Å². The van der Waals surface area contributed by atoms with Gasteiger partial charge in [0.1, 0.15) is 11.6 Å². The molecule has 6 heteroatoms. The van der Waals surface area contributed by atoms with Crippen LogP contribution < -0.4 is 5.73 Å². The average Bonchev–Trinajstić information content (AvgIpc) is 2.70. The number of rotatable bonds is 2. The number of likely N-dealkylation sites (N-methyl/N-ethyl adjacent to an activating group) is 1. The first kappa shape index (κ1) is 16.4. The van der Waals surface area contributed by atoms with Gasteiger partial charge in [-0.3, -0.25) is 0 Å². The first-order chi connectivity index (χ1) is 11.2. The molecule has 1 heterocycles. The molecule has 2 aromatic carbocycles. The summed E-state index contributed by atoms with van der Waals surface area (Å²) in [5, 5.41) is 10.8. The molecule has 2 aromatic rings. The van der Waals surface area contributed by atoms with Crippen LogP contribution in [0.2, 0.25) is 0 Å². The van der Waals surface area contributed by atoms with E-state index in [1.54, 1.807) is 7.05 Å². The van der Waals surface area contributed by atoms with Crippen LogP contribution in [0, 0.1) is 25.5 Å². The van der Waals surface area contributed by atoms with Crippen molar-refractivity contribution in [3.63, 3.8) is 0 Å². The van der Waals surface area contributed by atoms with Crippen molar-refractivity contribution < 1.29 is 13.9 Å². The van der Waals surface area contributed by atoms with Crippen molar-refractivity contribution in [2.45, 2.75) is 25.6 Å². The minimum Gasteiger partial charge on any atom is -0.370 e. The number of halogens is 2. The van der Waals surface area contributed by atoms with Crippen molar-refractivity contribution in [3.8, 4) is 0 Å². The summed E-state index contributed by atoms with van der Waals surface area (Å²) in [6, 6.07) is 8.81. The number of aliphatic hydroxyl groups is 1. The van der Waals surface area contributed by atoms with Crippen molar-refractivity contribution in [2.75, 3.05) is 7.05 Å². The van der Waals surface area contributed by atoms with E-state index in [4.69, 9.17) is 5.73 Å². The SMILES string of the molecule is Cc1cc(C)cc(C2(c3cc(F)cc(F)c3)N=C(N)N(C)C2O)c1. The fourth-order valence-electron chi connectivity index (χ4n) is 3.29. The fourth-order valence-corrected chi connectivity index (χ4v) is 3.29. The Kier molecular flexibility index (Phi) is 3.80. The van der Waals surface area contributed by atoms with Crippen LogP contribution in [0.5, 0.6) is 0 Å². The van der Waals surface area contributed by atoms with Gasteiger partial charge < -0.3 is 15.7 Å². The number of aliphatic hydroxyl groups excluding tert-OH is 1. The summed E-state index contributed by atoms with van der Waals surface area (Å²) < 4.78 is 27.7. The predicted octanol–water partition coefficient (Wildman–Crippen LogP) is 2.40. The Hall–Kier alpha value is -2.47. The number of hydrogen-bond donors (Lipinski definition) is 2. The second-order valence-corrected chi connectivity index (χ2v) is 6.26. The Morgan fingerprint density at radius 3 is 1.96 bits per heavy atom. The molecule has 0 saturated carbocycles. The Bertz CT molecular complexity index is 743. The van der Waals surface area contributed by atoms with Gasteiger partial charge in [0.25, 0.3) is 0 Å². The molecule has 2 unspecified atom stereocenters. The van der Waals surface area contributed by atoms with E-state index in [0.29, 0.717) is 5.56 Å². The molecule has 0 spiro atoms. The van der Waals surface area contributed by atoms with Crippen LogP contribution >= 0.6 is 0 Å². The summed E-state index contributed by atoms with van der Waals surface area (Å²) in [4.78, 5) is 5.81. The summed E-state index contributed by atoms with van der Waals surface area (Å²) in [6.07, 6.45) is -1.18. The van der Waals surface area contributed by atoms with Crippen LogP contribution in [0.4, 0.5) is 8.78 Å². The zero-order valence-electron chi connectivity index (χ0n) is 13.7. The summed E-state index contributed by atoms with van der Waals surface area (Å²) in [5.74, 6) is -1.36. The number of aryl methyl sites for hydroxylation is 2. The highest BCUT2D eigenvalue weighted by molar-refractivity contribution is 5.82. The molecule has 0 radical (unpaired) electrons. The maximum Gasteiger partial charge on any atom is 0.194 e. The van der Waals surface area contributed by atoms with Gasteiger partial charge in [-0.25, -0.2) is 13.8 Å². The van der Waals surface area contributed by atoms with E-state index in [1.165, 1.54) is 17.0 Å². The first-order valence-corrected chi connectivity index (χ1v) is 7.55. The maximum absolute atomic E-state index is 13.8. The molecule has 2 atom stereocenters. The van der Waals surface area contributed by atoms with E-state index < -0.39 is 23.4 Å². The summed E-state index contributed by atoms with van der Waals surface area (Å²) >= 11 is 0. The Labute approximate surface area is 139 Å². The van der Waals surface area contributed by atoms with Gasteiger partial charge >= 0.3 is 0 Å². The van der Waals surface area contributed by atoms with Crippen LogP contribution in [0.1, 0.15) is 22.3 Å². The van der Waals surface area contributed by atoms with Crippen LogP contribution in [-0.4, -0.2) is 29.2 Å². The van der Waals surface area contributed by atoms with Crippen LogP contribution in [0.15, 0.2) is 41.4 Å². The quantitative estimate of drug-likeness (QED) is 0.888. The Balaban J connectivity index is 2.34. The zero-order chi connectivity index (χ0) is 17.6. The lowest BCUT2D eigenvalue weighted by atomic mass is 9.80. The van der Waals surface area contributed by atoms with Crippen LogP contribution in [-0.2, 0) is 5.54 Å². The lowest BCUT2D eigenvalue weighted by Crippen LogP contribution is -2.45. The molecule has 0 bridgehead atoms. The molecule has 126 valence electrons. The minimum absolute atomic E-state index is 0.103. The summed E-state index contributed by atoms with van der Waals surface area (Å²) in [6.45, 7) is 3.82. The lowest BCUT2D eigenvalue weighted by molar-refractivity contribution is 0.0309. The van der Waals surface area contributed by atoms with E-state index in [2.05, 4.69) is 4.99 Å². The van der Waals surface area contributed by atoms with E-state index in [-0.39, 0.29) is 11.5 Å². The smallest absolute Gasteiger partial charge is 0.194 e. The molecule has 0 aromatic heterocycles. The first-order valence-electron chi connectivity index (χ1n) is 7.55. The van der Waals surface area contributed by atoms with E-state index in [1.807, 2.05) is 32.0 Å². The second-order valence-electron chi connectivity index (χ2n) is 6.26. The van der Waals surface area contributed by atoms with Crippen molar-refractivity contribution >= 4 is 5.96 Å². The fraction of sp³-hybridized carbons (Fsp3) is 0.278. The van der Waals surface area contributed by atoms with Gasteiger partial charge in [-0.15, -0.1) is 0 Å². The van der Waals surface area contributed by atoms with Gasteiger partial charge in [0.2, 0.25) is 0 Å². The molecule has 0 amide bonds. The largest absolute Gasteiger partial charge is 0.370 e. The zero-order valence-corrected chi connectivity index (χ0v) is 13.7. The third-order valence-electron chi connectivity index (χ3n) is 4.36. The van der Waals surface area contributed by atoms with Crippen molar-refractivity contribution in [1.29, 1.82) is 0 Å². The number of aliphatic imine (C=N–C) groups is 1. The van der Waals surface area contributed by atoms with E-state index >= 15 is 0 Å². The number of nitrogens with zero attached hydrogens (tertiary/aromatic N) is 2. The van der Waals surface area contributed by atoms with Crippen LogP contribution in [0.3, 0.4) is 0 Å². The molecule has 1 aliphatic rings. The molecule has 3 rings (SSSR count). The summed E-state index contributed by atoms with van der Waals surface area (Å²) in [7, 11) is 1.59. The Morgan fingerprint density at radius 2 is 1.50 bits per heavy atom. The molecule has 4 nitrogen and oxygen atoms in total. The highest BCUT2D eigenvalue weighted by Gasteiger charge is 2.49. The second kappa shape index (κ2) is 5.56. The highest BCUT2D eigenvalue weighted by atomic mass is 19.1. The van der Waals surface area contributed by atoms with E-state index in [9.17, 15) is 13.9 Å². The van der Waals surface area contributed by atoms with Gasteiger partial charge in [-0.2, -0.15) is 0 Å². The number of hydrogen-bond acceptors (Lipinski definition) is 4. The van der Waals surface area contributed by atoms with Gasteiger partial charge in [0, 0.05) is 13.1 Å². The molecular weight excluding hydrogens is 312 g/mol. The number of nitrogens with two attached hydrogens (primary N) is 1. The third kappa shape index (κ3) is 2.43.